The fraction of sp³-hybridized carbons (Fsp3) is 0.524. The van der Waals surface area contributed by atoms with Gasteiger partial charge in [-0.3, -0.25) is 4.79 Å². The molecule has 1 N–H and O–H groups in total. The molecule has 9 heteroatoms. The van der Waals surface area contributed by atoms with Gasteiger partial charge in [0.05, 0.1) is 26.9 Å². The van der Waals surface area contributed by atoms with Gasteiger partial charge in [0.15, 0.2) is 0 Å². The summed E-state index contributed by atoms with van der Waals surface area (Å²) in [6.07, 6.45) is -0.988. The molecule has 0 unspecified atom stereocenters. The molecule has 1 aromatic carbocycles. The molecule has 1 amide bonds. The molecular formula is C21H25ClF3N3OS. The van der Waals surface area contributed by atoms with E-state index >= 15 is 0 Å². The van der Waals surface area contributed by atoms with Crippen molar-refractivity contribution >= 4 is 28.8 Å². The van der Waals surface area contributed by atoms with Gasteiger partial charge >= 0.3 is 6.18 Å². The van der Waals surface area contributed by atoms with Crippen molar-refractivity contribution in [2.45, 2.75) is 51.4 Å². The van der Waals surface area contributed by atoms with Crippen LogP contribution in [0.15, 0.2) is 23.6 Å². The highest BCUT2D eigenvalue weighted by Gasteiger charge is 2.32. The fourth-order valence-corrected chi connectivity index (χ4v) is 4.70. The molecule has 30 heavy (non-hydrogen) atoms. The number of rotatable bonds is 6. The van der Waals surface area contributed by atoms with Crippen molar-refractivity contribution in [2.24, 2.45) is 5.92 Å². The maximum Gasteiger partial charge on any atom is 0.416 e. The molecule has 0 atom stereocenters. The SMILES string of the molecule is Cc1nc(CN(C)CC2CCC(NC(=O)c3cc(C(F)(F)F)ccc3Cl)CC2)cs1. The van der Waals surface area contributed by atoms with Crippen LogP contribution in [0.3, 0.4) is 0 Å². The third-order valence-electron chi connectivity index (χ3n) is 5.39. The van der Waals surface area contributed by atoms with Crippen LogP contribution in [-0.4, -0.2) is 35.4 Å². The quantitative estimate of drug-likeness (QED) is 0.616. The topological polar surface area (TPSA) is 45.2 Å². The molecule has 2 aromatic rings. The largest absolute Gasteiger partial charge is 0.416 e. The van der Waals surface area contributed by atoms with Crippen LogP contribution in [0.4, 0.5) is 13.2 Å². The summed E-state index contributed by atoms with van der Waals surface area (Å²) in [4.78, 5) is 19.3. The van der Waals surface area contributed by atoms with Crippen molar-refractivity contribution in [3.8, 4) is 0 Å². The Morgan fingerprint density at radius 2 is 2.00 bits per heavy atom. The average molecular weight is 460 g/mol. The first-order valence-electron chi connectivity index (χ1n) is 9.89. The van der Waals surface area contributed by atoms with Gasteiger partial charge in [-0.2, -0.15) is 13.2 Å². The molecule has 1 aliphatic carbocycles. The molecule has 0 aliphatic heterocycles. The van der Waals surface area contributed by atoms with Crippen LogP contribution >= 0.6 is 22.9 Å². The van der Waals surface area contributed by atoms with E-state index in [1.54, 1.807) is 11.3 Å². The van der Waals surface area contributed by atoms with Crippen LogP contribution in [0.25, 0.3) is 0 Å². The number of hydrogen-bond acceptors (Lipinski definition) is 4. The number of amides is 1. The molecule has 0 saturated heterocycles. The van der Waals surface area contributed by atoms with Crippen LogP contribution in [0.1, 0.15) is 52.3 Å². The van der Waals surface area contributed by atoms with Crippen LogP contribution in [-0.2, 0) is 12.7 Å². The monoisotopic (exact) mass is 459 g/mol. The van der Waals surface area contributed by atoms with Crippen LogP contribution in [0, 0.1) is 12.8 Å². The van der Waals surface area contributed by atoms with Crippen molar-refractivity contribution in [1.82, 2.24) is 15.2 Å². The maximum atomic E-state index is 12.9. The van der Waals surface area contributed by atoms with Crippen molar-refractivity contribution in [3.63, 3.8) is 0 Å². The molecule has 1 saturated carbocycles. The summed E-state index contributed by atoms with van der Waals surface area (Å²) in [7, 11) is 2.08. The number of hydrogen-bond donors (Lipinski definition) is 1. The van der Waals surface area contributed by atoms with Gasteiger partial charge < -0.3 is 10.2 Å². The predicted octanol–water partition coefficient (Wildman–Crippen LogP) is 5.54. The van der Waals surface area contributed by atoms with Crippen molar-refractivity contribution < 1.29 is 18.0 Å². The highest BCUT2D eigenvalue weighted by molar-refractivity contribution is 7.09. The van der Waals surface area contributed by atoms with E-state index in [4.69, 9.17) is 11.6 Å². The Hall–Kier alpha value is -1.64. The lowest BCUT2D eigenvalue weighted by Crippen LogP contribution is -2.39. The molecule has 1 fully saturated rings. The second-order valence-electron chi connectivity index (χ2n) is 7.94. The highest BCUT2D eigenvalue weighted by Crippen LogP contribution is 2.32. The fourth-order valence-electron chi connectivity index (χ4n) is 3.89. The number of carbonyl (C=O) groups is 1. The van der Waals surface area contributed by atoms with Crippen molar-refractivity contribution in [2.75, 3.05) is 13.6 Å². The summed E-state index contributed by atoms with van der Waals surface area (Å²) in [6, 6.07) is 2.77. The van der Waals surface area contributed by atoms with Crippen molar-refractivity contribution in [1.29, 1.82) is 0 Å². The Kier molecular flexibility index (Phi) is 7.42. The Morgan fingerprint density at radius 1 is 1.30 bits per heavy atom. The van der Waals surface area contributed by atoms with Gasteiger partial charge in [0.2, 0.25) is 0 Å². The molecule has 0 spiro atoms. The lowest BCUT2D eigenvalue weighted by Gasteiger charge is -2.31. The number of nitrogens with zero attached hydrogens (tertiary/aromatic N) is 2. The number of halogens is 4. The van der Waals surface area contributed by atoms with Crippen LogP contribution in [0.2, 0.25) is 5.02 Å². The number of aromatic nitrogens is 1. The standard InChI is InChI=1S/C21H25ClF3N3OS/c1-13-26-17(12-30-13)11-28(2)10-14-3-6-16(7-4-14)27-20(29)18-9-15(21(23,24)25)5-8-19(18)22/h5,8-9,12,14,16H,3-4,6-7,10-11H2,1-2H3,(H,27,29). The summed E-state index contributed by atoms with van der Waals surface area (Å²) < 4.78 is 38.8. The van der Waals surface area contributed by atoms with Gasteiger partial charge in [0.1, 0.15) is 0 Å². The predicted molar refractivity (Wildman–Crippen MR) is 113 cm³/mol. The van der Waals surface area contributed by atoms with Gasteiger partial charge in [0.25, 0.3) is 5.91 Å². The lowest BCUT2D eigenvalue weighted by atomic mass is 9.85. The summed E-state index contributed by atoms with van der Waals surface area (Å²) in [5, 5.41) is 6.03. The average Bonchev–Trinajstić information content (AvgIpc) is 3.07. The number of alkyl halides is 3. The Balaban J connectivity index is 1.49. The molecule has 3 rings (SSSR count). The Morgan fingerprint density at radius 3 is 2.60 bits per heavy atom. The molecule has 1 heterocycles. The van der Waals surface area contributed by atoms with Crippen LogP contribution in [0.5, 0.6) is 0 Å². The molecule has 1 aromatic heterocycles. The lowest BCUT2D eigenvalue weighted by molar-refractivity contribution is -0.137. The third kappa shape index (κ3) is 6.18. The molecule has 164 valence electrons. The van der Waals surface area contributed by atoms with E-state index < -0.39 is 17.6 Å². The zero-order valence-electron chi connectivity index (χ0n) is 16.9. The first kappa shape index (κ1) is 23.0. The smallest absolute Gasteiger partial charge is 0.349 e. The minimum absolute atomic E-state index is 0.0214. The van der Waals surface area contributed by atoms with E-state index in [1.807, 2.05) is 6.92 Å². The van der Waals surface area contributed by atoms with E-state index in [1.165, 1.54) is 0 Å². The summed E-state index contributed by atoms with van der Waals surface area (Å²) in [5.41, 5.74) is 0.0740. The minimum atomic E-state index is -4.51. The first-order chi connectivity index (χ1) is 14.1. The molecular weight excluding hydrogens is 435 g/mol. The van der Waals surface area contributed by atoms with E-state index in [2.05, 4.69) is 27.6 Å². The molecule has 1 aliphatic rings. The second-order valence-corrected chi connectivity index (χ2v) is 9.41. The van der Waals surface area contributed by atoms with Gasteiger partial charge in [0, 0.05) is 24.5 Å². The van der Waals surface area contributed by atoms with Crippen LogP contribution < -0.4 is 5.32 Å². The van der Waals surface area contributed by atoms with Crippen molar-refractivity contribution in [3.05, 3.63) is 50.4 Å². The van der Waals surface area contributed by atoms with E-state index in [-0.39, 0.29) is 16.6 Å². The van der Waals surface area contributed by atoms with E-state index in [9.17, 15) is 18.0 Å². The summed E-state index contributed by atoms with van der Waals surface area (Å²) >= 11 is 7.62. The Bertz CT molecular complexity index is 879. The normalized spacial score (nSPS) is 19.8. The molecule has 4 nitrogen and oxygen atoms in total. The van der Waals surface area contributed by atoms with Gasteiger partial charge in [-0.25, -0.2) is 4.98 Å². The molecule has 0 bridgehead atoms. The van der Waals surface area contributed by atoms with Gasteiger partial charge in [-0.05, 0) is 63.8 Å². The van der Waals surface area contributed by atoms with Gasteiger partial charge in [-0.15, -0.1) is 11.3 Å². The Labute approximate surface area is 183 Å². The number of aryl methyl sites for hydroxylation is 1. The number of thiazole rings is 1. The van der Waals surface area contributed by atoms with E-state index in [0.717, 1.165) is 67.7 Å². The number of nitrogens with one attached hydrogen (secondary N) is 1. The highest BCUT2D eigenvalue weighted by atomic mass is 35.5. The van der Waals surface area contributed by atoms with E-state index in [0.29, 0.717) is 5.92 Å². The summed E-state index contributed by atoms with van der Waals surface area (Å²) in [6.45, 7) is 3.77. The molecule has 0 radical (unpaired) electrons. The number of carbonyl (C=O) groups excluding carboxylic acids is 1. The first-order valence-corrected chi connectivity index (χ1v) is 11.1. The zero-order chi connectivity index (χ0) is 21.9. The minimum Gasteiger partial charge on any atom is -0.349 e. The van der Waals surface area contributed by atoms with Gasteiger partial charge in [-0.1, -0.05) is 11.6 Å². The summed E-state index contributed by atoms with van der Waals surface area (Å²) in [5.74, 6) is -0.0226. The number of benzene rings is 1. The zero-order valence-corrected chi connectivity index (χ0v) is 18.5. The third-order valence-corrected chi connectivity index (χ3v) is 6.54. The maximum absolute atomic E-state index is 12.9. The second kappa shape index (κ2) is 9.66.